The maximum absolute atomic E-state index is 13.7. The summed E-state index contributed by atoms with van der Waals surface area (Å²) in [4.78, 5) is 41.1. The van der Waals surface area contributed by atoms with Gasteiger partial charge in [0, 0.05) is 31.3 Å². The zero-order valence-corrected chi connectivity index (χ0v) is 18.8. The Kier molecular flexibility index (Phi) is 6.44. The first-order valence-corrected chi connectivity index (χ1v) is 11.3. The molecule has 8 heteroatoms. The summed E-state index contributed by atoms with van der Waals surface area (Å²) in [6, 6.07) is 12.8. The van der Waals surface area contributed by atoms with Crippen LogP contribution in [0.1, 0.15) is 38.7 Å². The second kappa shape index (κ2) is 9.44. The molecule has 0 saturated carbocycles. The van der Waals surface area contributed by atoms with Crippen LogP contribution in [0.2, 0.25) is 0 Å². The largest absolute Gasteiger partial charge is 0.494 e. The lowest BCUT2D eigenvalue weighted by molar-refractivity contribution is -0.384. The van der Waals surface area contributed by atoms with Crippen LogP contribution < -0.4 is 9.64 Å². The molecule has 1 saturated heterocycles. The van der Waals surface area contributed by atoms with E-state index in [4.69, 9.17) is 4.74 Å². The summed E-state index contributed by atoms with van der Waals surface area (Å²) < 4.78 is 5.69. The molecule has 2 amide bonds. The standard InChI is InChI=1S/C25H27N3O5/c1-3-14-33-21-8-4-7-20(15-21)27-24(29)22(18-9-11-19(12-10-18)28(31)32)23(25(27)30)26-13-5-6-17(2)16-26/h4,7-12,15,17H,3,5-6,13-14,16H2,1-2H3. The van der Waals surface area contributed by atoms with E-state index >= 15 is 0 Å². The number of nitrogens with zero attached hydrogens (tertiary/aromatic N) is 3. The number of non-ortho nitro benzene ring substituents is 1. The molecule has 2 aromatic rings. The summed E-state index contributed by atoms with van der Waals surface area (Å²) in [6.07, 6.45) is 2.84. The lowest BCUT2D eigenvalue weighted by Crippen LogP contribution is -2.39. The Labute approximate surface area is 192 Å². The van der Waals surface area contributed by atoms with Gasteiger partial charge in [0.25, 0.3) is 17.5 Å². The van der Waals surface area contributed by atoms with E-state index in [9.17, 15) is 19.7 Å². The SMILES string of the molecule is CCCOc1cccc(N2C(=O)C(c3ccc([N+](=O)[O-])cc3)=C(N3CCCC(C)C3)C2=O)c1. The van der Waals surface area contributed by atoms with Crippen molar-refractivity contribution in [1.82, 2.24) is 4.90 Å². The molecular formula is C25H27N3O5. The molecule has 4 rings (SSSR count). The van der Waals surface area contributed by atoms with Crippen molar-refractivity contribution >= 4 is 28.8 Å². The average Bonchev–Trinajstić information content (AvgIpc) is 3.07. The maximum atomic E-state index is 13.7. The van der Waals surface area contributed by atoms with Crippen molar-refractivity contribution in [3.8, 4) is 5.75 Å². The van der Waals surface area contributed by atoms with Crippen LogP contribution in [0.25, 0.3) is 5.57 Å². The van der Waals surface area contributed by atoms with E-state index in [-0.39, 0.29) is 17.2 Å². The van der Waals surface area contributed by atoms with Gasteiger partial charge in [0.1, 0.15) is 11.4 Å². The van der Waals surface area contributed by atoms with Crippen LogP contribution in [0, 0.1) is 16.0 Å². The van der Waals surface area contributed by atoms with E-state index in [2.05, 4.69) is 6.92 Å². The fourth-order valence-electron chi connectivity index (χ4n) is 4.38. The minimum atomic E-state index is -0.485. The summed E-state index contributed by atoms with van der Waals surface area (Å²) in [5, 5.41) is 11.1. The molecule has 1 unspecified atom stereocenters. The molecule has 8 nitrogen and oxygen atoms in total. The molecule has 0 radical (unpaired) electrons. The molecule has 0 aliphatic carbocycles. The van der Waals surface area contributed by atoms with E-state index in [1.807, 2.05) is 11.8 Å². The first kappa shape index (κ1) is 22.5. The number of hydrogen-bond donors (Lipinski definition) is 0. The molecule has 0 aromatic heterocycles. The minimum absolute atomic E-state index is 0.0677. The van der Waals surface area contributed by atoms with Gasteiger partial charge >= 0.3 is 0 Å². The van der Waals surface area contributed by atoms with Gasteiger partial charge in [-0.25, -0.2) is 4.90 Å². The molecule has 0 N–H and O–H groups in total. The van der Waals surface area contributed by atoms with E-state index in [1.54, 1.807) is 24.3 Å². The monoisotopic (exact) mass is 449 g/mol. The van der Waals surface area contributed by atoms with Crippen molar-refractivity contribution in [1.29, 1.82) is 0 Å². The molecule has 2 aromatic carbocycles. The number of ether oxygens (including phenoxy) is 1. The molecular weight excluding hydrogens is 422 g/mol. The summed E-state index contributed by atoms with van der Waals surface area (Å²) >= 11 is 0. The van der Waals surface area contributed by atoms with Gasteiger partial charge in [0.15, 0.2) is 0 Å². The second-order valence-corrected chi connectivity index (χ2v) is 8.51. The zero-order chi connectivity index (χ0) is 23.5. The van der Waals surface area contributed by atoms with E-state index in [0.717, 1.165) is 19.3 Å². The maximum Gasteiger partial charge on any atom is 0.282 e. The van der Waals surface area contributed by atoms with Crippen LogP contribution in [0.5, 0.6) is 5.75 Å². The van der Waals surface area contributed by atoms with Gasteiger partial charge < -0.3 is 9.64 Å². The Balaban J connectivity index is 1.77. The van der Waals surface area contributed by atoms with Crippen molar-refractivity contribution in [2.75, 3.05) is 24.6 Å². The zero-order valence-electron chi connectivity index (χ0n) is 18.8. The van der Waals surface area contributed by atoms with Crippen molar-refractivity contribution in [3.63, 3.8) is 0 Å². The molecule has 2 aliphatic heterocycles. The van der Waals surface area contributed by atoms with Crippen molar-refractivity contribution in [2.45, 2.75) is 33.1 Å². The Morgan fingerprint density at radius 1 is 1.12 bits per heavy atom. The Hall–Kier alpha value is -3.68. The molecule has 1 fully saturated rings. The fourth-order valence-corrected chi connectivity index (χ4v) is 4.38. The molecule has 0 spiro atoms. The number of piperidine rings is 1. The van der Waals surface area contributed by atoms with E-state index in [1.165, 1.54) is 29.2 Å². The highest BCUT2D eigenvalue weighted by Gasteiger charge is 2.43. The number of hydrogen-bond acceptors (Lipinski definition) is 6. The molecule has 33 heavy (non-hydrogen) atoms. The topological polar surface area (TPSA) is 93.0 Å². The number of benzene rings is 2. The predicted molar refractivity (Wildman–Crippen MR) is 125 cm³/mol. The van der Waals surface area contributed by atoms with Crippen molar-refractivity contribution in [2.24, 2.45) is 5.92 Å². The van der Waals surface area contributed by atoms with Gasteiger partial charge in [0.05, 0.1) is 22.8 Å². The highest BCUT2D eigenvalue weighted by atomic mass is 16.6. The van der Waals surface area contributed by atoms with Gasteiger partial charge in [-0.1, -0.05) is 19.9 Å². The van der Waals surface area contributed by atoms with Gasteiger partial charge in [-0.2, -0.15) is 0 Å². The lowest BCUT2D eigenvalue weighted by Gasteiger charge is -2.33. The number of amides is 2. The summed E-state index contributed by atoms with van der Waals surface area (Å²) in [7, 11) is 0. The number of anilines is 1. The third kappa shape index (κ3) is 4.46. The van der Waals surface area contributed by atoms with Gasteiger partial charge in [-0.05, 0) is 55.0 Å². The Bertz CT molecular complexity index is 1110. The highest BCUT2D eigenvalue weighted by molar-refractivity contribution is 6.45. The van der Waals surface area contributed by atoms with Crippen LogP contribution in [0.15, 0.2) is 54.2 Å². The quantitative estimate of drug-likeness (QED) is 0.353. The van der Waals surface area contributed by atoms with E-state index in [0.29, 0.717) is 48.3 Å². The number of carbonyl (C=O) groups excluding carboxylic acids is 2. The van der Waals surface area contributed by atoms with Gasteiger partial charge in [-0.15, -0.1) is 0 Å². The molecule has 172 valence electrons. The Morgan fingerprint density at radius 3 is 2.55 bits per heavy atom. The van der Waals surface area contributed by atoms with Crippen molar-refractivity contribution < 1.29 is 19.2 Å². The number of nitro benzene ring substituents is 1. The molecule has 0 bridgehead atoms. The molecule has 1 atom stereocenters. The van der Waals surface area contributed by atoms with Gasteiger partial charge in [0.2, 0.25) is 0 Å². The smallest absolute Gasteiger partial charge is 0.282 e. The second-order valence-electron chi connectivity index (χ2n) is 8.51. The fraction of sp³-hybridized carbons (Fsp3) is 0.360. The molecule has 2 aliphatic rings. The summed E-state index contributed by atoms with van der Waals surface area (Å²) in [5.74, 6) is 0.170. The van der Waals surface area contributed by atoms with Crippen LogP contribution >= 0.6 is 0 Å². The predicted octanol–water partition coefficient (Wildman–Crippen LogP) is 4.40. The number of rotatable bonds is 7. The highest BCUT2D eigenvalue weighted by Crippen LogP contribution is 2.37. The molecule has 2 heterocycles. The minimum Gasteiger partial charge on any atom is -0.494 e. The summed E-state index contributed by atoms with van der Waals surface area (Å²) in [5.41, 5.74) is 1.51. The Morgan fingerprint density at radius 2 is 1.88 bits per heavy atom. The lowest BCUT2D eigenvalue weighted by atomic mass is 9.97. The first-order chi connectivity index (χ1) is 15.9. The van der Waals surface area contributed by atoms with Crippen LogP contribution in [0.3, 0.4) is 0 Å². The normalized spacial score (nSPS) is 18.8. The van der Waals surface area contributed by atoms with Crippen LogP contribution in [-0.2, 0) is 9.59 Å². The van der Waals surface area contributed by atoms with Crippen LogP contribution in [0.4, 0.5) is 11.4 Å². The number of likely N-dealkylation sites (tertiary alicyclic amines) is 1. The number of nitro groups is 1. The third-order valence-corrected chi connectivity index (χ3v) is 5.95. The third-order valence-electron chi connectivity index (χ3n) is 5.95. The average molecular weight is 450 g/mol. The summed E-state index contributed by atoms with van der Waals surface area (Å²) in [6.45, 7) is 6.03. The number of imide groups is 1. The first-order valence-electron chi connectivity index (χ1n) is 11.3. The van der Waals surface area contributed by atoms with Crippen LogP contribution in [-0.4, -0.2) is 41.3 Å². The number of carbonyl (C=O) groups is 2. The van der Waals surface area contributed by atoms with Gasteiger partial charge in [-0.3, -0.25) is 19.7 Å². The van der Waals surface area contributed by atoms with E-state index < -0.39 is 10.8 Å². The van der Waals surface area contributed by atoms with Crippen molar-refractivity contribution in [3.05, 3.63) is 69.9 Å².